The van der Waals surface area contributed by atoms with Gasteiger partial charge in [0.1, 0.15) is 18.2 Å². The highest BCUT2D eigenvalue weighted by molar-refractivity contribution is 6.31. The molecule has 244 valence electrons. The van der Waals surface area contributed by atoms with Crippen molar-refractivity contribution < 1.29 is 28.7 Å². The number of amides is 3. The molecule has 2 aromatic carbocycles. The molecule has 0 spiro atoms. The van der Waals surface area contributed by atoms with Crippen LogP contribution in [0.3, 0.4) is 0 Å². The van der Waals surface area contributed by atoms with Crippen LogP contribution in [0.2, 0.25) is 10.0 Å². The van der Waals surface area contributed by atoms with Crippen molar-refractivity contribution in [3.63, 3.8) is 0 Å². The molecule has 3 N–H and O–H groups in total. The summed E-state index contributed by atoms with van der Waals surface area (Å²) >= 11 is 12.9. The number of carbonyl (C=O) groups excluding carboxylic acids is 4. The van der Waals surface area contributed by atoms with Gasteiger partial charge in [-0.2, -0.15) is 0 Å². The largest absolute Gasteiger partial charge is 0.467 e. The molecule has 1 aliphatic carbocycles. The molecule has 2 fully saturated rings. The molecule has 1 saturated carbocycles. The van der Waals surface area contributed by atoms with Crippen molar-refractivity contribution in [2.45, 2.75) is 88.8 Å². The first kappa shape index (κ1) is 34.6. The molecule has 4 atom stereocenters. The summed E-state index contributed by atoms with van der Waals surface area (Å²) in [5.74, 6) is -1.55. The Labute approximate surface area is 275 Å². The molecule has 4 rings (SSSR count). The fourth-order valence-electron chi connectivity index (χ4n) is 6.38. The highest BCUT2D eigenvalue weighted by Gasteiger charge is 2.39. The van der Waals surface area contributed by atoms with Gasteiger partial charge in [-0.1, -0.05) is 99.5 Å². The van der Waals surface area contributed by atoms with Crippen LogP contribution in [0.1, 0.15) is 82.4 Å². The molecule has 0 aromatic heterocycles. The Bertz CT molecular complexity index is 1360. The number of hydrogen-bond donors (Lipinski definition) is 3. The lowest BCUT2D eigenvalue weighted by molar-refractivity contribution is -0.146. The Kier molecular flexibility index (Phi) is 12.1. The number of ether oxygens (including phenoxy) is 2. The minimum absolute atomic E-state index is 0.104. The van der Waals surface area contributed by atoms with Gasteiger partial charge in [0.15, 0.2) is 0 Å². The summed E-state index contributed by atoms with van der Waals surface area (Å²) in [7, 11) is 1.24. The van der Waals surface area contributed by atoms with E-state index in [-0.39, 0.29) is 18.2 Å². The van der Waals surface area contributed by atoms with Gasteiger partial charge in [-0.25, -0.2) is 9.59 Å². The van der Waals surface area contributed by atoms with E-state index in [0.717, 1.165) is 37.7 Å². The minimum Gasteiger partial charge on any atom is -0.467 e. The molecular formula is C34H43Cl2N3O6. The van der Waals surface area contributed by atoms with Crippen LogP contribution < -0.4 is 16.0 Å². The third kappa shape index (κ3) is 9.13. The second kappa shape index (κ2) is 15.8. The standard InChI is InChI=1S/C34H43Cl2N3O6/c1-34(2,23-12-9-13-24(35)20-23)29(25-14-7-8-15-26(25)36)45-33(43)39-27(18-21-10-5-4-6-11-21)31(41)38-28(32(42)44-3)19-22-16-17-37-30(22)40/h7-9,12-15,20-22,27-29H,4-6,10-11,16-19H2,1-3H3,(H,37,40)(H,38,41)(H,39,43)/t22-,27?,28?,29?/m0/s1. The van der Waals surface area contributed by atoms with Crippen LogP contribution in [0.5, 0.6) is 0 Å². The van der Waals surface area contributed by atoms with E-state index < -0.39 is 47.5 Å². The molecule has 3 amide bonds. The van der Waals surface area contributed by atoms with Crippen molar-refractivity contribution in [1.82, 2.24) is 16.0 Å². The van der Waals surface area contributed by atoms with Crippen LogP contribution in [0.25, 0.3) is 0 Å². The molecule has 1 heterocycles. The predicted octanol–water partition coefficient (Wildman–Crippen LogP) is 6.26. The van der Waals surface area contributed by atoms with Gasteiger partial charge < -0.3 is 25.4 Å². The van der Waals surface area contributed by atoms with E-state index in [1.807, 2.05) is 38.1 Å². The fourth-order valence-corrected chi connectivity index (χ4v) is 6.81. The third-order valence-electron chi connectivity index (χ3n) is 9.02. The van der Waals surface area contributed by atoms with Crippen LogP contribution in [0.4, 0.5) is 4.79 Å². The van der Waals surface area contributed by atoms with E-state index in [0.29, 0.717) is 35.0 Å². The van der Waals surface area contributed by atoms with Crippen LogP contribution in [-0.4, -0.2) is 49.6 Å². The molecule has 0 radical (unpaired) electrons. The molecule has 45 heavy (non-hydrogen) atoms. The molecule has 0 bridgehead atoms. The number of carbonyl (C=O) groups is 4. The Morgan fingerprint density at radius 2 is 1.69 bits per heavy atom. The smallest absolute Gasteiger partial charge is 0.408 e. The second-order valence-electron chi connectivity index (χ2n) is 12.6. The van der Waals surface area contributed by atoms with E-state index in [9.17, 15) is 19.2 Å². The maximum absolute atomic E-state index is 13.8. The first-order valence-electron chi connectivity index (χ1n) is 15.6. The minimum atomic E-state index is -1.04. The Morgan fingerprint density at radius 3 is 2.33 bits per heavy atom. The highest BCUT2D eigenvalue weighted by Crippen LogP contribution is 2.42. The Hall–Kier alpha value is -3.30. The van der Waals surface area contributed by atoms with Crippen LogP contribution in [0, 0.1) is 11.8 Å². The van der Waals surface area contributed by atoms with Crippen LogP contribution in [-0.2, 0) is 29.3 Å². The Balaban J connectivity index is 1.58. The predicted molar refractivity (Wildman–Crippen MR) is 173 cm³/mol. The average molecular weight is 661 g/mol. The van der Waals surface area contributed by atoms with E-state index >= 15 is 0 Å². The van der Waals surface area contributed by atoms with Gasteiger partial charge in [-0.3, -0.25) is 9.59 Å². The highest BCUT2D eigenvalue weighted by atomic mass is 35.5. The van der Waals surface area contributed by atoms with Gasteiger partial charge in [0, 0.05) is 33.5 Å². The summed E-state index contributed by atoms with van der Waals surface area (Å²) in [6.07, 6.45) is 4.52. The van der Waals surface area contributed by atoms with E-state index in [1.54, 1.807) is 24.3 Å². The zero-order chi connectivity index (χ0) is 32.6. The molecule has 1 aliphatic heterocycles. The number of hydrogen-bond acceptors (Lipinski definition) is 6. The first-order chi connectivity index (χ1) is 21.5. The summed E-state index contributed by atoms with van der Waals surface area (Å²) < 4.78 is 11.1. The molecule has 3 unspecified atom stereocenters. The van der Waals surface area contributed by atoms with E-state index in [2.05, 4.69) is 16.0 Å². The summed E-state index contributed by atoms with van der Waals surface area (Å²) in [4.78, 5) is 52.4. The number of halogens is 2. The summed E-state index contributed by atoms with van der Waals surface area (Å²) in [5.41, 5.74) is 0.667. The number of esters is 1. The van der Waals surface area contributed by atoms with Gasteiger partial charge in [0.2, 0.25) is 11.8 Å². The number of benzene rings is 2. The number of methoxy groups -OCH3 is 1. The molecular weight excluding hydrogens is 617 g/mol. The zero-order valence-corrected chi connectivity index (χ0v) is 27.6. The third-order valence-corrected chi connectivity index (χ3v) is 9.60. The normalized spacial score (nSPS) is 19.1. The van der Waals surface area contributed by atoms with Crippen molar-refractivity contribution in [3.8, 4) is 0 Å². The maximum Gasteiger partial charge on any atom is 0.408 e. The number of nitrogens with one attached hydrogen (secondary N) is 3. The number of rotatable bonds is 12. The quantitative estimate of drug-likeness (QED) is 0.231. The average Bonchev–Trinajstić information content (AvgIpc) is 3.43. The van der Waals surface area contributed by atoms with E-state index in [4.69, 9.17) is 32.7 Å². The first-order valence-corrected chi connectivity index (χ1v) is 16.4. The molecule has 2 aromatic rings. The zero-order valence-electron chi connectivity index (χ0n) is 26.1. The second-order valence-corrected chi connectivity index (χ2v) is 13.4. The summed E-state index contributed by atoms with van der Waals surface area (Å²) in [5, 5.41) is 9.31. The van der Waals surface area contributed by atoms with Gasteiger partial charge in [0.05, 0.1) is 7.11 Å². The van der Waals surface area contributed by atoms with Crippen molar-refractivity contribution in [2.75, 3.05) is 13.7 Å². The van der Waals surface area contributed by atoms with Crippen molar-refractivity contribution >= 4 is 47.1 Å². The Morgan fingerprint density at radius 1 is 0.956 bits per heavy atom. The van der Waals surface area contributed by atoms with Gasteiger partial charge in [-0.15, -0.1) is 0 Å². The molecule has 9 nitrogen and oxygen atoms in total. The topological polar surface area (TPSA) is 123 Å². The number of alkyl carbamates (subject to hydrolysis) is 1. The van der Waals surface area contributed by atoms with Crippen molar-refractivity contribution in [3.05, 3.63) is 69.7 Å². The molecule has 11 heteroatoms. The monoisotopic (exact) mass is 659 g/mol. The lowest BCUT2D eigenvalue weighted by Crippen LogP contribution is -2.53. The summed E-state index contributed by atoms with van der Waals surface area (Å²) in [6.45, 7) is 4.39. The van der Waals surface area contributed by atoms with Crippen LogP contribution >= 0.6 is 23.2 Å². The van der Waals surface area contributed by atoms with Crippen molar-refractivity contribution in [2.24, 2.45) is 11.8 Å². The van der Waals surface area contributed by atoms with Gasteiger partial charge >= 0.3 is 12.1 Å². The maximum atomic E-state index is 13.8. The fraction of sp³-hybridized carbons (Fsp3) is 0.529. The summed E-state index contributed by atoms with van der Waals surface area (Å²) in [6, 6.07) is 12.5. The van der Waals surface area contributed by atoms with Crippen LogP contribution in [0.15, 0.2) is 48.5 Å². The van der Waals surface area contributed by atoms with Gasteiger partial charge in [0.25, 0.3) is 0 Å². The van der Waals surface area contributed by atoms with Crippen molar-refractivity contribution in [1.29, 1.82) is 0 Å². The lowest BCUT2D eigenvalue weighted by Gasteiger charge is -2.36. The lowest BCUT2D eigenvalue weighted by atomic mass is 9.76. The SMILES string of the molecule is COC(=O)C(C[C@@H]1CCNC1=O)NC(=O)C(CC1CCCCC1)NC(=O)OC(c1ccccc1Cl)C(C)(C)c1cccc(Cl)c1. The molecule has 1 saturated heterocycles. The van der Waals surface area contributed by atoms with E-state index in [1.165, 1.54) is 7.11 Å². The van der Waals surface area contributed by atoms with Gasteiger partial charge in [-0.05, 0) is 48.9 Å². The molecule has 2 aliphatic rings.